The molecular formula is C22H19NO7. The quantitative estimate of drug-likeness (QED) is 0.619. The number of fused-ring (bicyclic) bond motifs is 2. The van der Waals surface area contributed by atoms with Crippen LogP contribution in [0.4, 0.5) is 5.69 Å². The van der Waals surface area contributed by atoms with Crippen LogP contribution in [0.15, 0.2) is 67.9 Å². The molecule has 1 aliphatic rings. The zero-order chi connectivity index (χ0) is 21.3. The summed E-state index contributed by atoms with van der Waals surface area (Å²) in [5.74, 6) is -2.71. The molecule has 8 nitrogen and oxygen atoms in total. The highest BCUT2D eigenvalue weighted by atomic mass is 16.6. The van der Waals surface area contributed by atoms with Crippen LogP contribution in [0.25, 0.3) is 11.2 Å². The Labute approximate surface area is 171 Å². The fourth-order valence-corrected chi connectivity index (χ4v) is 3.47. The van der Waals surface area contributed by atoms with E-state index in [2.05, 4.69) is 0 Å². The Balaban J connectivity index is 1.58. The van der Waals surface area contributed by atoms with Gasteiger partial charge in [0.1, 0.15) is 0 Å². The van der Waals surface area contributed by atoms with E-state index < -0.39 is 23.9 Å². The molecule has 154 valence electrons. The third kappa shape index (κ3) is 3.84. The smallest absolute Gasteiger partial charge is 0.478 e. The van der Waals surface area contributed by atoms with Gasteiger partial charge in [-0.3, -0.25) is 0 Å². The van der Waals surface area contributed by atoms with Gasteiger partial charge in [-0.05, 0) is 24.1 Å². The molecule has 3 aromatic rings. The summed E-state index contributed by atoms with van der Waals surface area (Å²) in [6.45, 7) is 2.45. The number of hydrogen-bond donors (Lipinski definition) is 1. The number of carbonyl (C=O) groups excluding carboxylic acids is 1. The summed E-state index contributed by atoms with van der Waals surface area (Å²) in [4.78, 5) is 37.6. The Morgan fingerprint density at radius 3 is 2.53 bits per heavy atom. The standard InChI is InChI=1S/C22H19NO7/c1-2-23-12-15(9-14-10-17-18(11-16(14)23)30-22(27)29-17)21(26)28-19(20(24)25)8-13-6-4-3-5-7-13/h3-7,10-12,19H,2,8-9H2,1H3,(H,24,25). The van der Waals surface area contributed by atoms with Crippen LogP contribution in [-0.4, -0.2) is 29.7 Å². The SMILES string of the molecule is CCN1C=C(C(=O)OC(Cc2ccccc2)C(=O)O)Cc2cc3oc(=O)oc3cc21. The Morgan fingerprint density at radius 2 is 1.87 bits per heavy atom. The number of carboxylic acid groups (broad SMARTS) is 1. The molecule has 0 fully saturated rings. The molecular weight excluding hydrogens is 390 g/mol. The van der Waals surface area contributed by atoms with Crippen molar-refractivity contribution in [3.05, 3.63) is 76.0 Å². The average molecular weight is 409 g/mol. The minimum Gasteiger partial charge on any atom is -0.478 e. The van der Waals surface area contributed by atoms with Crippen molar-refractivity contribution in [2.24, 2.45) is 0 Å². The first kappa shape index (κ1) is 19.5. The van der Waals surface area contributed by atoms with E-state index in [1.807, 2.05) is 17.9 Å². The number of anilines is 1. The molecule has 0 amide bonds. The summed E-state index contributed by atoms with van der Waals surface area (Å²) in [7, 11) is 0. The number of rotatable bonds is 6. The summed E-state index contributed by atoms with van der Waals surface area (Å²) < 4.78 is 15.3. The lowest BCUT2D eigenvalue weighted by Gasteiger charge is -2.28. The van der Waals surface area contributed by atoms with Crippen LogP contribution in [-0.2, 0) is 27.2 Å². The maximum Gasteiger partial charge on any atom is 0.519 e. The van der Waals surface area contributed by atoms with Crippen molar-refractivity contribution in [3.63, 3.8) is 0 Å². The van der Waals surface area contributed by atoms with Crippen molar-refractivity contribution in [1.29, 1.82) is 0 Å². The van der Waals surface area contributed by atoms with Gasteiger partial charge in [-0.15, -0.1) is 0 Å². The largest absolute Gasteiger partial charge is 0.519 e. The average Bonchev–Trinajstić information content (AvgIpc) is 3.10. The molecule has 0 saturated carbocycles. The van der Waals surface area contributed by atoms with E-state index in [1.165, 1.54) is 0 Å². The number of benzene rings is 2. The molecule has 0 spiro atoms. The molecule has 1 N–H and O–H groups in total. The van der Waals surface area contributed by atoms with Crippen LogP contribution in [0.5, 0.6) is 0 Å². The van der Waals surface area contributed by atoms with Gasteiger partial charge in [0.25, 0.3) is 0 Å². The number of esters is 1. The Morgan fingerprint density at radius 1 is 1.17 bits per heavy atom. The molecule has 1 unspecified atom stereocenters. The van der Waals surface area contributed by atoms with Crippen LogP contribution in [0.3, 0.4) is 0 Å². The molecule has 0 aliphatic carbocycles. The molecule has 0 bridgehead atoms. The lowest BCUT2D eigenvalue weighted by molar-refractivity contribution is -0.161. The Hall–Kier alpha value is -3.81. The van der Waals surface area contributed by atoms with Gasteiger partial charge in [0, 0.05) is 37.3 Å². The highest BCUT2D eigenvalue weighted by Crippen LogP contribution is 2.33. The molecule has 1 atom stereocenters. The van der Waals surface area contributed by atoms with Gasteiger partial charge >= 0.3 is 17.8 Å². The number of aliphatic carboxylic acids is 1. The number of carbonyl (C=O) groups is 2. The van der Waals surface area contributed by atoms with Gasteiger partial charge in [-0.25, -0.2) is 14.4 Å². The topological polar surface area (TPSA) is 110 Å². The molecule has 1 aromatic heterocycles. The predicted molar refractivity (Wildman–Crippen MR) is 107 cm³/mol. The van der Waals surface area contributed by atoms with Crippen molar-refractivity contribution in [2.75, 3.05) is 11.4 Å². The maximum atomic E-state index is 12.8. The predicted octanol–water partition coefficient (Wildman–Crippen LogP) is 2.89. The molecule has 0 saturated heterocycles. The molecule has 2 aromatic carbocycles. The van der Waals surface area contributed by atoms with Crippen molar-refractivity contribution < 1.29 is 28.3 Å². The second kappa shape index (κ2) is 7.90. The zero-order valence-electron chi connectivity index (χ0n) is 16.2. The van der Waals surface area contributed by atoms with Crippen LogP contribution >= 0.6 is 0 Å². The first-order valence-electron chi connectivity index (χ1n) is 9.46. The summed E-state index contributed by atoms with van der Waals surface area (Å²) in [6, 6.07) is 12.3. The second-order valence-electron chi connectivity index (χ2n) is 6.92. The highest BCUT2D eigenvalue weighted by molar-refractivity contribution is 5.93. The molecule has 30 heavy (non-hydrogen) atoms. The van der Waals surface area contributed by atoms with E-state index in [0.717, 1.165) is 16.8 Å². The minimum atomic E-state index is -1.30. The number of ether oxygens (including phenoxy) is 1. The zero-order valence-corrected chi connectivity index (χ0v) is 16.2. The summed E-state index contributed by atoms with van der Waals surface area (Å²) >= 11 is 0. The number of nitrogens with zero attached hydrogens (tertiary/aromatic N) is 1. The van der Waals surface area contributed by atoms with Crippen molar-refractivity contribution in [2.45, 2.75) is 25.9 Å². The van der Waals surface area contributed by atoms with Gasteiger partial charge in [0.15, 0.2) is 11.2 Å². The number of hydrogen-bond acceptors (Lipinski definition) is 7. The monoisotopic (exact) mass is 409 g/mol. The van der Waals surface area contributed by atoms with Gasteiger partial charge < -0.3 is 23.6 Å². The lowest BCUT2D eigenvalue weighted by atomic mass is 9.99. The van der Waals surface area contributed by atoms with E-state index in [9.17, 15) is 19.5 Å². The van der Waals surface area contributed by atoms with E-state index >= 15 is 0 Å². The van der Waals surface area contributed by atoms with E-state index in [1.54, 1.807) is 42.6 Å². The molecule has 8 heteroatoms. The summed E-state index contributed by atoms with van der Waals surface area (Å²) in [5, 5.41) is 9.50. The molecule has 2 heterocycles. The van der Waals surface area contributed by atoms with Crippen LogP contribution in [0, 0.1) is 0 Å². The second-order valence-corrected chi connectivity index (χ2v) is 6.92. The summed E-state index contributed by atoms with van der Waals surface area (Å²) in [5.41, 5.74) is 3.22. The van der Waals surface area contributed by atoms with E-state index in [0.29, 0.717) is 17.7 Å². The third-order valence-electron chi connectivity index (χ3n) is 4.93. The first-order valence-corrected chi connectivity index (χ1v) is 9.46. The van der Waals surface area contributed by atoms with Crippen molar-refractivity contribution in [1.82, 2.24) is 0 Å². The highest BCUT2D eigenvalue weighted by Gasteiger charge is 2.28. The fourth-order valence-electron chi connectivity index (χ4n) is 3.47. The van der Waals surface area contributed by atoms with Crippen molar-refractivity contribution >= 4 is 28.8 Å². The fraction of sp³-hybridized carbons (Fsp3) is 0.227. The first-order chi connectivity index (χ1) is 14.4. The third-order valence-corrected chi connectivity index (χ3v) is 4.93. The van der Waals surface area contributed by atoms with Crippen LogP contribution in [0.2, 0.25) is 0 Å². The Kier molecular flexibility index (Phi) is 5.14. The Bertz CT molecular complexity index is 1190. The van der Waals surface area contributed by atoms with Gasteiger partial charge in [-0.1, -0.05) is 30.3 Å². The van der Waals surface area contributed by atoms with Crippen molar-refractivity contribution in [3.8, 4) is 0 Å². The van der Waals surface area contributed by atoms with Crippen LogP contribution in [0.1, 0.15) is 18.1 Å². The van der Waals surface area contributed by atoms with Gasteiger partial charge in [-0.2, -0.15) is 0 Å². The molecule has 1 aliphatic heterocycles. The summed E-state index contributed by atoms with van der Waals surface area (Å²) in [6.07, 6.45) is 0.625. The minimum absolute atomic E-state index is 0.0735. The molecule has 4 rings (SSSR count). The van der Waals surface area contributed by atoms with Gasteiger partial charge in [0.2, 0.25) is 6.10 Å². The van der Waals surface area contributed by atoms with E-state index in [4.69, 9.17) is 13.6 Å². The van der Waals surface area contributed by atoms with Crippen LogP contribution < -0.4 is 10.7 Å². The lowest BCUT2D eigenvalue weighted by Crippen LogP contribution is -2.32. The number of carboxylic acids is 1. The van der Waals surface area contributed by atoms with E-state index in [-0.39, 0.29) is 18.4 Å². The molecule has 0 radical (unpaired) electrons. The van der Waals surface area contributed by atoms with Gasteiger partial charge in [0.05, 0.1) is 5.57 Å². The normalized spacial score (nSPS) is 14.2. The maximum absolute atomic E-state index is 12.8.